The number of aryl methyl sites for hydroxylation is 1. The maximum absolute atomic E-state index is 11.3. The van der Waals surface area contributed by atoms with Crippen molar-refractivity contribution < 1.29 is 9.53 Å². The van der Waals surface area contributed by atoms with Gasteiger partial charge in [-0.1, -0.05) is 19.1 Å². The van der Waals surface area contributed by atoms with Crippen LogP contribution in [0, 0.1) is 0 Å². The molecular weight excluding hydrogens is 252 g/mol. The zero-order valence-electron chi connectivity index (χ0n) is 11.5. The number of methoxy groups -OCH3 is 1. The Bertz CT molecular complexity index is 619. The molecule has 2 aromatic carbocycles. The molecule has 2 rings (SSSR count). The number of hydrogen-bond donors (Lipinski definition) is 0. The average Bonchev–Trinajstić information content (AvgIpc) is 2.53. The first kappa shape index (κ1) is 13.9. The molecule has 0 spiro atoms. The third kappa shape index (κ3) is 3.51. The van der Waals surface area contributed by atoms with Gasteiger partial charge in [0.25, 0.3) is 0 Å². The Balaban J connectivity index is 2.12. The predicted molar refractivity (Wildman–Crippen MR) is 77.8 cm³/mol. The van der Waals surface area contributed by atoms with Crippen LogP contribution in [0.25, 0.3) is 0 Å². The van der Waals surface area contributed by atoms with E-state index in [0.29, 0.717) is 11.3 Å². The molecule has 0 fully saturated rings. The van der Waals surface area contributed by atoms with Crippen molar-refractivity contribution in [1.29, 1.82) is 0 Å². The van der Waals surface area contributed by atoms with Crippen LogP contribution in [0.4, 0.5) is 11.4 Å². The second kappa shape index (κ2) is 6.61. The summed E-state index contributed by atoms with van der Waals surface area (Å²) in [5.74, 6) is -0.357. The normalized spacial score (nSPS) is 10.7. The molecule has 0 aliphatic rings. The summed E-state index contributed by atoms with van der Waals surface area (Å²) >= 11 is 0. The number of rotatable bonds is 4. The van der Waals surface area contributed by atoms with E-state index in [1.165, 1.54) is 12.7 Å². The third-order valence-electron chi connectivity index (χ3n) is 2.89. The van der Waals surface area contributed by atoms with Crippen molar-refractivity contribution in [2.24, 2.45) is 10.2 Å². The Kier molecular flexibility index (Phi) is 4.60. The molecule has 0 atom stereocenters. The molecular formula is C16H16N2O2. The van der Waals surface area contributed by atoms with Crippen LogP contribution < -0.4 is 0 Å². The highest BCUT2D eigenvalue weighted by Gasteiger charge is 2.03. The standard InChI is InChI=1S/C16H16N2O2/c1-3-12-5-4-6-15(11-12)18-17-14-9-7-13(8-10-14)16(19)20-2/h4-11H,3H2,1-2H3. The first-order valence-electron chi connectivity index (χ1n) is 6.42. The molecule has 0 saturated carbocycles. The van der Waals surface area contributed by atoms with Crippen molar-refractivity contribution in [2.75, 3.05) is 7.11 Å². The van der Waals surface area contributed by atoms with Gasteiger partial charge in [0.05, 0.1) is 24.0 Å². The Morgan fingerprint density at radius 3 is 2.40 bits per heavy atom. The Morgan fingerprint density at radius 1 is 1.05 bits per heavy atom. The summed E-state index contributed by atoms with van der Waals surface area (Å²) in [5, 5.41) is 8.34. The second-order valence-corrected chi connectivity index (χ2v) is 4.26. The quantitative estimate of drug-likeness (QED) is 0.607. The van der Waals surface area contributed by atoms with Crippen LogP contribution in [0.5, 0.6) is 0 Å². The van der Waals surface area contributed by atoms with Gasteiger partial charge in [-0.15, -0.1) is 0 Å². The summed E-state index contributed by atoms with van der Waals surface area (Å²) in [5.41, 5.74) is 3.24. The molecule has 0 saturated heterocycles. The van der Waals surface area contributed by atoms with Crippen LogP contribution in [-0.4, -0.2) is 13.1 Å². The summed E-state index contributed by atoms with van der Waals surface area (Å²) in [6.07, 6.45) is 0.969. The van der Waals surface area contributed by atoms with E-state index < -0.39 is 0 Å². The average molecular weight is 268 g/mol. The fourth-order valence-corrected chi connectivity index (χ4v) is 1.74. The summed E-state index contributed by atoms with van der Waals surface area (Å²) in [6.45, 7) is 2.10. The van der Waals surface area contributed by atoms with Crippen molar-refractivity contribution in [1.82, 2.24) is 0 Å². The maximum atomic E-state index is 11.3. The summed E-state index contributed by atoms with van der Waals surface area (Å²) in [6, 6.07) is 14.7. The maximum Gasteiger partial charge on any atom is 0.337 e. The molecule has 2 aromatic rings. The fourth-order valence-electron chi connectivity index (χ4n) is 1.74. The molecule has 4 nitrogen and oxygen atoms in total. The van der Waals surface area contributed by atoms with Gasteiger partial charge in [-0.3, -0.25) is 0 Å². The van der Waals surface area contributed by atoms with E-state index in [1.807, 2.05) is 18.2 Å². The lowest BCUT2D eigenvalue weighted by atomic mass is 10.1. The lowest BCUT2D eigenvalue weighted by Crippen LogP contribution is -1.99. The van der Waals surface area contributed by atoms with Crippen molar-refractivity contribution in [2.45, 2.75) is 13.3 Å². The minimum absolute atomic E-state index is 0.357. The van der Waals surface area contributed by atoms with Gasteiger partial charge in [0.1, 0.15) is 0 Å². The van der Waals surface area contributed by atoms with E-state index in [0.717, 1.165) is 12.1 Å². The second-order valence-electron chi connectivity index (χ2n) is 4.26. The number of azo groups is 1. The number of ether oxygens (including phenoxy) is 1. The lowest BCUT2D eigenvalue weighted by molar-refractivity contribution is 0.0601. The number of benzene rings is 2. The van der Waals surface area contributed by atoms with Gasteiger partial charge in [-0.05, 0) is 48.4 Å². The highest BCUT2D eigenvalue weighted by Crippen LogP contribution is 2.20. The molecule has 0 unspecified atom stereocenters. The van der Waals surface area contributed by atoms with Gasteiger partial charge in [-0.25, -0.2) is 4.79 Å². The predicted octanol–water partition coefficient (Wildman–Crippen LogP) is 4.45. The Morgan fingerprint density at radius 2 is 1.75 bits per heavy atom. The Hall–Kier alpha value is -2.49. The van der Waals surface area contributed by atoms with E-state index in [1.54, 1.807) is 24.3 Å². The van der Waals surface area contributed by atoms with Gasteiger partial charge in [0.15, 0.2) is 0 Å². The van der Waals surface area contributed by atoms with Gasteiger partial charge < -0.3 is 4.74 Å². The third-order valence-corrected chi connectivity index (χ3v) is 2.89. The number of hydrogen-bond acceptors (Lipinski definition) is 4. The first-order valence-corrected chi connectivity index (χ1v) is 6.42. The molecule has 0 radical (unpaired) electrons. The monoisotopic (exact) mass is 268 g/mol. The van der Waals surface area contributed by atoms with E-state index in [2.05, 4.69) is 28.0 Å². The number of carbonyl (C=O) groups excluding carboxylic acids is 1. The van der Waals surface area contributed by atoms with Gasteiger partial charge in [0, 0.05) is 0 Å². The van der Waals surface area contributed by atoms with Crippen molar-refractivity contribution >= 4 is 17.3 Å². The molecule has 0 heterocycles. The van der Waals surface area contributed by atoms with E-state index in [-0.39, 0.29) is 5.97 Å². The molecule has 0 aliphatic carbocycles. The van der Waals surface area contributed by atoms with Crippen LogP contribution in [0.1, 0.15) is 22.8 Å². The minimum Gasteiger partial charge on any atom is -0.465 e. The zero-order valence-corrected chi connectivity index (χ0v) is 11.5. The Labute approximate surface area is 118 Å². The number of carbonyl (C=O) groups is 1. The molecule has 4 heteroatoms. The number of nitrogens with zero attached hydrogens (tertiary/aromatic N) is 2. The van der Waals surface area contributed by atoms with Crippen molar-refractivity contribution in [3.05, 3.63) is 59.7 Å². The summed E-state index contributed by atoms with van der Waals surface area (Å²) in [4.78, 5) is 11.3. The SMILES string of the molecule is CCc1cccc(N=Nc2ccc(C(=O)OC)cc2)c1. The van der Waals surface area contributed by atoms with E-state index in [9.17, 15) is 4.79 Å². The molecule has 20 heavy (non-hydrogen) atoms. The topological polar surface area (TPSA) is 51.0 Å². The van der Waals surface area contributed by atoms with Gasteiger partial charge in [0.2, 0.25) is 0 Å². The molecule has 0 bridgehead atoms. The van der Waals surface area contributed by atoms with Crippen LogP contribution in [0.15, 0.2) is 58.8 Å². The molecule has 0 amide bonds. The first-order chi connectivity index (χ1) is 9.72. The minimum atomic E-state index is -0.357. The van der Waals surface area contributed by atoms with E-state index in [4.69, 9.17) is 0 Å². The number of esters is 1. The van der Waals surface area contributed by atoms with Crippen molar-refractivity contribution in [3.8, 4) is 0 Å². The summed E-state index contributed by atoms with van der Waals surface area (Å²) < 4.78 is 4.64. The van der Waals surface area contributed by atoms with Crippen LogP contribution in [0.2, 0.25) is 0 Å². The molecule has 0 aromatic heterocycles. The van der Waals surface area contributed by atoms with Gasteiger partial charge in [-0.2, -0.15) is 10.2 Å². The van der Waals surface area contributed by atoms with Crippen molar-refractivity contribution in [3.63, 3.8) is 0 Å². The smallest absolute Gasteiger partial charge is 0.337 e. The van der Waals surface area contributed by atoms with Gasteiger partial charge >= 0.3 is 5.97 Å². The zero-order chi connectivity index (χ0) is 14.4. The highest BCUT2D eigenvalue weighted by atomic mass is 16.5. The van der Waals surface area contributed by atoms with Crippen LogP contribution in [-0.2, 0) is 11.2 Å². The highest BCUT2D eigenvalue weighted by molar-refractivity contribution is 5.89. The summed E-state index contributed by atoms with van der Waals surface area (Å²) in [7, 11) is 1.36. The largest absolute Gasteiger partial charge is 0.465 e. The molecule has 0 aliphatic heterocycles. The van der Waals surface area contributed by atoms with Crippen LogP contribution >= 0.6 is 0 Å². The molecule has 102 valence electrons. The van der Waals surface area contributed by atoms with E-state index >= 15 is 0 Å². The lowest BCUT2D eigenvalue weighted by Gasteiger charge is -1.99. The van der Waals surface area contributed by atoms with Crippen LogP contribution in [0.3, 0.4) is 0 Å². The fraction of sp³-hybridized carbons (Fsp3) is 0.188. The molecule has 0 N–H and O–H groups in total.